The molecular formula is C36H62O6. The van der Waals surface area contributed by atoms with Crippen molar-refractivity contribution in [2.24, 2.45) is 0 Å². The van der Waals surface area contributed by atoms with E-state index in [0.717, 1.165) is 77.0 Å². The molecule has 0 N–H and O–H groups in total. The maximum absolute atomic E-state index is 6.61. The molecule has 0 aliphatic carbocycles. The largest absolute Gasteiger partial charge is 0.379 e. The van der Waals surface area contributed by atoms with Gasteiger partial charge in [0.2, 0.25) is 0 Å². The van der Waals surface area contributed by atoms with E-state index >= 15 is 0 Å². The van der Waals surface area contributed by atoms with Gasteiger partial charge in [-0.2, -0.15) is 0 Å². The molecule has 0 amide bonds. The maximum atomic E-state index is 6.61. The quantitative estimate of drug-likeness (QED) is 0.0546. The predicted molar refractivity (Wildman–Crippen MR) is 177 cm³/mol. The summed E-state index contributed by atoms with van der Waals surface area (Å²) in [6, 6.07) is 0. The van der Waals surface area contributed by atoms with Gasteiger partial charge in [0.05, 0.1) is 13.2 Å². The second-order valence-electron chi connectivity index (χ2n) is 10.2. The Kier molecular flexibility index (Phi) is 30.7. The van der Waals surface area contributed by atoms with Gasteiger partial charge in [0.15, 0.2) is 0 Å². The number of hydrogen-bond donors (Lipinski definition) is 0. The van der Waals surface area contributed by atoms with E-state index in [9.17, 15) is 0 Å². The van der Waals surface area contributed by atoms with Gasteiger partial charge in [-0.3, -0.25) is 0 Å². The average Bonchev–Trinajstić information content (AvgIpc) is 3.00. The topological polar surface area (TPSA) is 55.4 Å². The molecule has 0 radical (unpaired) electrons. The molecule has 0 aromatic heterocycles. The van der Waals surface area contributed by atoms with E-state index < -0.39 is 12.2 Å². The molecule has 0 aromatic rings. The molecule has 0 heterocycles. The van der Waals surface area contributed by atoms with Crippen LogP contribution in [0.25, 0.3) is 0 Å². The lowest BCUT2D eigenvalue weighted by Gasteiger charge is -2.37. The molecule has 0 spiro atoms. The normalized spacial score (nSPS) is 14.0. The summed E-state index contributed by atoms with van der Waals surface area (Å²) in [5, 5.41) is 0. The molecule has 242 valence electrons. The van der Waals surface area contributed by atoms with Crippen LogP contribution in [0, 0.1) is 0 Å². The number of ether oxygens (including phenoxy) is 6. The highest BCUT2D eigenvalue weighted by molar-refractivity contribution is 4.87. The van der Waals surface area contributed by atoms with Gasteiger partial charge in [0.25, 0.3) is 0 Å². The van der Waals surface area contributed by atoms with Gasteiger partial charge < -0.3 is 28.4 Å². The van der Waals surface area contributed by atoms with Gasteiger partial charge in [0.1, 0.15) is 24.4 Å². The van der Waals surface area contributed by atoms with Crippen molar-refractivity contribution < 1.29 is 28.4 Å². The van der Waals surface area contributed by atoms with Crippen LogP contribution in [0.2, 0.25) is 0 Å². The lowest BCUT2D eigenvalue weighted by atomic mass is 10.0. The fourth-order valence-electron chi connectivity index (χ4n) is 4.18. The van der Waals surface area contributed by atoms with E-state index in [1.54, 1.807) is 0 Å². The third kappa shape index (κ3) is 22.8. The second-order valence-corrected chi connectivity index (χ2v) is 10.2. The summed E-state index contributed by atoms with van der Waals surface area (Å²) in [7, 11) is 0. The van der Waals surface area contributed by atoms with Crippen LogP contribution in [0.4, 0.5) is 0 Å². The Morgan fingerprint density at radius 1 is 0.357 bits per heavy atom. The molecule has 0 aliphatic heterocycles. The van der Waals surface area contributed by atoms with E-state index in [0.29, 0.717) is 52.9 Å². The molecule has 0 fully saturated rings. The van der Waals surface area contributed by atoms with Gasteiger partial charge in [-0.1, -0.05) is 36.5 Å². The molecule has 6 heteroatoms. The molecule has 0 unspecified atom stereocenters. The first-order chi connectivity index (χ1) is 20.7. The second kappa shape index (κ2) is 32.1. The van der Waals surface area contributed by atoms with Crippen molar-refractivity contribution in [1.82, 2.24) is 0 Å². The van der Waals surface area contributed by atoms with Crippen LogP contribution >= 0.6 is 0 Å². The molecule has 42 heavy (non-hydrogen) atoms. The Bertz CT molecular complexity index is 607. The van der Waals surface area contributed by atoms with Crippen molar-refractivity contribution in [1.29, 1.82) is 0 Å². The Morgan fingerprint density at radius 2 is 0.619 bits per heavy atom. The Morgan fingerprint density at radius 3 is 0.905 bits per heavy atom. The predicted octanol–water partition coefficient (Wildman–Crippen LogP) is 8.36. The van der Waals surface area contributed by atoms with E-state index in [4.69, 9.17) is 28.4 Å². The summed E-state index contributed by atoms with van der Waals surface area (Å²) in [4.78, 5) is 0. The molecule has 0 bridgehead atoms. The number of rotatable bonds is 35. The zero-order valence-electron chi connectivity index (χ0n) is 26.6. The van der Waals surface area contributed by atoms with Gasteiger partial charge in [0, 0.05) is 39.6 Å². The van der Waals surface area contributed by atoms with Gasteiger partial charge >= 0.3 is 0 Å². The van der Waals surface area contributed by atoms with Crippen LogP contribution in [0.5, 0.6) is 0 Å². The van der Waals surface area contributed by atoms with E-state index in [-0.39, 0.29) is 12.2 Å². The highest BCUT2D eigenvalue weighted by Crippen LogP contribution is 2.22. The summed E-state index contributed by atoms with van der Waals surface area (Å²) in [5.41, 5.74) is 0. The number of unbranched alkanes of at least 4 members (excludes halogenated alkanes) is 6. The maximum Gasteiger partial charge on any atom is 0.115 e. The lowest BCUT2D eigenvalue weighted by Crippen LogP contribution is -2.53. The Balaban J connectivity index is 6.13. The van der Waals surface area contributed by atoms with Crippen molar-refractivity contribution in [3.63, 3.8) is 0 Å². The highest BCUT2D eigenvalue weighted by Gasteiger charge is 2.38. The van der Waals surface area contributed by atoms with Gasteiger partial charge in [-0.15, -0.1) is 39.5 Å². The van der Waals surface area contributed by atoms with Crippen molar-refractivity contribution in [2.75, 3.05) is 52.9 Å². The summed E-state index contributed by atoms with van der Waals surface area (Å²) >= 11 is 0. The first-order valence-electron chi connectivity index (χ1n) is 16.0. The first kappa shape index (κ1) is 40.2. The molecule has 4 atom stereocenters. The zero-order valence-corrected chi connectivity index (χ0v) is 26.6. The van der Waals surface area contributed by atoms with E-state index in [1.807, 2.05) is 36.5 Å². The molecule has 0 rings (SSSR count). The fraction of sp³-hybridized carbons (Fsp3) is 0.667. The van der Waals surface area contributed by atoms with Crippen LogP contribution < -0.4 is 0 Å². The smallest absolute Gasteiger partial charge is 0.115 e. The monoisotopic (exact) mass is 590 g/mol. The minimum Gasteiger partial charge on any atom is -0.379 e. The average molecular weight is 591 g/mol. The Hall–Kier alpha value is -1.80. The van der Waals surface area contributed by atoms with Crippen LogP contribution in [0.3, 0.4) is 0 Å². The molecule has 0 aliphatic rings. The van der Waals surface area contributed by atoms with Crippen molar-refractivity contribution in [3.05, 3.63) is 75.9 Å². The molecular weight excluding hydrogens is 528 g/mol. The van der Waals surface area contributed by atoms with Crippen LogP contribution in [0.15, 0.2) is 75.9 Å². The van der Waals surface area contributed by atoms with Crippen LogP contribution in [0.1, 0.15) is 77.0 Å². The molecule has 0 saturated heterocycles. The minimum absolute atomic E-state index is 0.341. The molecule has 0 aromatic carbocycles. The van der Waals surface area contributed by atoms with E-state index in [1.165, 1.54) is 0 Å². The summed E-state index contributed by atoms with van der Waals surface area (Å²) in [6.45, 7) is 27.3. The first-order valence-corrected chi connectivity index (χ1v) is 16.0. The van der Waals surface area contributed by atoms with E-state index in [2.05, 4.69) is 39.5 Å². The lowest BCUT2D eigenvalue weighted by molar-refractivity contribution is -0.197. The third-order valence-electron chi connectivity index (χ3n) is 6.51. The Labute approximate surface area is 258 Å². The SMILES string of the molecule is C=CCCCOC[C@H](OCCCC=C)[C@H](OCCCC=C)[C@@H](OCCCC=C)[C@H](COCCCC=C)OCCCC=C. The number of allylic oxidation sites excluding steroid dienone is 6. The third-order valence-corrected chi connectivity index (χ3v) is 6.51. The minimum atomic E-state index is -0.414. The van der Waals surface area contributed by atoms with Crippen molar-refractivity contribution >= 4 is 0 Å². The van der Waals surface area contributed by atoms with Gasteiger partial charge in [-0.25, -0.2) is 0 Å². The van der Waals surface area contributed by atoms with Crippen molar-refractivity contribution in [3.8, 4) is 0 Å². The summed E-state index contributed by atoms with van der Waals surface area (Å²) in [5.74, 6) is 0. The zero-order chi connectivity index (χ0) is 30.9. The van der Waals surface area contributed by atoms with Crippen LogP contribution in [-0.4, -0.2) is 77.3 Å². The fourth-order valence-corrected chi connectivity index (χ4v) is 4.18. The summed E-state index contributed by atoms with van der Waals surface area (Å²) in [6.07, 6.45) is 20.6. The molecule has 0 saturated carbocycles. The molecule has 6 nitrogen and oxygen atoms in total. The highest BCUT2D eigenvalue weighted by atomic mass is 16.6. The summed E-state index contributed by atoms with van der Waals surface area (Å²) < 4.78 is 38.4. The van der Waals surface area contributed by atoms with Crippen molar-refractivity contribution in [2.45, 2.75) is 101 Å². The standard InChI is InChI=1S/C36H62O6/c1-7-13-19-25-37-31-33(39-27-21-15-9-3)35(41-29-23-17-11-5)36(42-30-24-18-12-6)34(40-28-22-16-10-4)32-38-26-20-14-8-2/h7-12,33-36H,1-6,13-32H2/t33-,34-,35-,36-/m0/s1. The number of hydrogen-bond acceptors (Lipinski definition) is 6. The van der Waals surface area contributed by atoms with Gasteiger partial charge in [-0.05, 0) is 77.0 Å². The van der Waals surface area contributed by atoms with Crippen LogP contribution in [-0.2, 0) is 28.4 Å².